The topological polar surface area (TPSA) is 49.8 Å². The van der Waals surface area contributed by atoms with Gasteiger partial charge in [0, 0.05) is 6.54 Å². The summed E-state index contributed by atoms with van der Waals surface area (Å²) >= 11 is 0. The molecule has 0 amide bonds. The predicted molar refractivity (Wildman–Crippen MR) is 73.6 cm³/mol. The summed E-state index contributed by atoms with van der Waals surface area (Å²) in [7, 11) is 2.10. The molecule has 1 aliphatic rings. The van der Waals surface area contributed by atoms with Crippen LogP contribution in [0.2, 0.25) is 0 Å². The average Bonchev–Trinajstić information content (AvgIpc) is 2.39. The van der Waals surface area contributed by atoms with Crippen molar-refractivity contribution in [1.82, 2.24) is 4.90 Å². The Balaban J connectivity index is 1.96. The number of benzene rings is 1. The lowest BCUT2D eigenvalue weighted by Gasteiger charge is -2.30. The molecule has 0 aliphatic carbocycles. The third-order valence-electron chi connectivity index (χ3n) is 3.63. The Bertz CT molecular complexity index is 430. The SMILES string of the molecule is CC(C(=O)O)c1ccc(OC2CCCN(C)C2)cc1. The van der Waals surface area contributed by atoms with Crippen LogP contribution in [0.15, 0.2) is 24.3 Å². The number of carboxylic acid groups (broad SMARTS) is 1. The van der Waals surface area contributed by atoms with Gasteiger partial charge in [0.1, 0.15) is 11.9 Å². The van der Waals surface area contributed by atoms with Gasteiger partial charge in [0.05, 0.1) is 5.92 Å². The second kappa shape index (κ2) is 6.06. The molecule has 2 atom stereocenters. The molecule has 1 aromatic rings. The van der Waals surface area contributed by atoms with Gasteiger partial charge in [0.15, 0.2) is 0 Å². The van der Waals surface area contributed by atoms with Crippen LogP contribution in [0.3, 0.4) is 0 Å². The van der Waals surface area contributed by atoms with Gasteiger partial charge in [0.25, 0.3) is 0 Å². The van der Waals surface area contributed by atoms with Crippen LogP contribution < -0.4 is 4.74 Å². The van der Waals surface area contributed by atoms with E-state index in [0.717, 1.165) is 37.2 Å². The first-order valence-corrected chi connectivity index (χ1v) is 6.74. The van der Waals surface area contributed by atoms with Crippen LogP contribution >= 0.6 is 0 Å². The van der Waals surface area contributed by atoms with Crippen molar-refractivity contribution in [2.75, 3.05) is 20.1 Å². The Kier molecular flexibility index (Phi) is 4.43. The molecule has 1 heterocycles. The summed E-state index contributed by atoms with van der Waals surface area (Å²) < 4.78 is 5.93. The molecule has 0 spiro atoms. The maximum atomic E-state index is 10.9. The van der Waals surface area contributed by atoms with E-state index in [1.807, 2.05) is 24.3 Å². The number of likely N-dealkylation sites (tertiary alicyclic amines) is 1. The van der Waals surface area contributed by atoms with Gasteiger partial charge in [-0.05, 0) is 51.1 Å². The molecule has 1 fully saturated rings. The van der Waals surface area contributed by atoms with Crippen LogP contribution in [-0.2, 0) is 4.79 Å². The lowest BCUT2D eigenvalue weighted by atomic mass is 10.0. The summed E-state index contributed by atoms with van der Waals surface area (Å²) in [5.74, 6) is -0.459. The average molecular weight is 263 g/mol. The molecule has 19 heavy (non-hydrogen) atoms. The van der Waals surface area contributed by atoms with E-state index in [0.29, 0.717) is 0 Å². The molecule has 1 aliphatic heterocycles. The van der Waals surface area contributed by atoms with Crippen molar-refractivity contribution >= 4 is 5.97 Å². The first kappa shape index (κ1) is 13.9. The zero-order chi connectivity index (χ0) is 13.8. The quantitative estimate of drug-likeness (QED) is 0.906. The maximum absolute atomic E-state index is 10.9. The second-order valence-electron chi connectivity index (χ2n) is 5.27. The first-order chi connectivity index (χ1) is 9.06. The van der Waals surface area contributed by atoms with E-state index in [4.69, 9.17) is 9.84 Å². The van der Waals surface area contributed by atoms with Gasteiger partial charge in [-0.3, -0.25) is 4.79 Å². The Morgan fingerprint density at radius 3 is 2.68 bits per heavy atom. The number of piperidine rings is 1. The Morgan fingerprint density at radius 2 is 2.11 bits per heavy atom. The number of carboxylic acids is 1. The number of nitrogens with zero attached hydrogens (tertiary/aromatic N) is 1. The van der Waals surface area contributed by atoms with E-state index >= 15 is 0 Å². The highest BCUT2D eigenvalue weighted by Crippen LogP contribution is 2.22. The van der Waals surface area contributed by atoms with E-state index in [9.17, 15) is 4.79 Å². The van der Waals surface area contributed by atoms with Crippen molar-refractivity contribution in [2.45, 2.75) is 31.8 Å². The predicted octanol–water partition coefficient (Wildman–Crippen LogP) is 2.35. The van der Waals surface area contributed by atoms with Crippen LogP contribution in [0.1, 0.15) is 31.2 Å². The van der Waals surface area contributed by atoms with Crippen molar-refractivity contribution in [2.24, 2.45) is 0 Å². The molecule has 1 N–H and O–H groups in total. The summed E-state index contributed by atoms with van der Waals surface area (Å²) in [6.07, 6.45) is 2.48. The smallest absolute Gasteiger partial charge is 0.310 e. The standard InChI is InChI=1S/C15H21NO3/c1-11(15(17)18)12-5-7-13(8-6-12)19-14-4-3-9-16(2)10-14/h5-8,11,14H,3-4,9-10H2,1-2H3,(H,17,18). The molecule has 1 aromatic carbocycles. The van der Waals surface area contributed by atoms with E-state index in [2.05, 4.69) is 11.9 Å². The van der Waals surface area contributed by atoms with Crippen LogP contribution in [0.5, 0.6) is 5.75 Å². The highest BCUT2D eigenvalue weighted by molar-refractivity contribution is 5.75. The highest BCUT2D eigenvalue weighted by Gasteiger charge is 2.19. The van der Waals surface area contributed by atoms with E-state index in [1.54, 1.807) is 6.92 Å². The fourth-order valence-electron chi connectivity index (χ4n) is 2.39. The van der Waals surface area contributed by atoms with E-state index in [1.165, 1.54) is 0 Å². The molecule has 2 unspecified atom stereocenters. The van der Waals surface area contributed by atoms with Crippen LogP contribution in [0.25, 0.3) is 0 Å². The lowest BCUT2D eigenvalue weighted by Crippen LogP contribution is -2.38. The van der Waals surface area contributed by atoms with Gasteiger partial charge in [0.2, 0.25) is 0 Å². The minimum absolute atomic E-state index is 0.237. The number of ether oxygens (including phenoxy) is 1. The summed E-state index contributed by atoms with van der Waals surface area (Å²) in [4.78, 5) is 13.2. The summed E-state index contributed by atoms with van der Waals surface area (Å²) in [6, 6.07) is 7.40. The van der Waals surface area contributed by atoms with Gasteiger partial charge in [-0.25, -0.2) is 0 Å². The minimum Gasteiger partial charge on any atom is -0.489 e. The number of aliphatic carboxylic acids is 1. The molecular weight excluding hydrogens is 242 g/mol. The maximum Gasteiger partial charge on any atom is 0.310 e. The van der Waals surface area contributed by atoms with E-state index in [-0.39, 0.29) is 6.10 Å². The number of hydrogen-bond acceptors (Lipinski definition) is 3. The van der Waals surface area contributed by atoms with Crippen LogP contribution in [0.4, 0.5) is 0 Å². The van der Waals surface area contributed by atoms with Crippen molar-refractivity contribution in [3.05, 3.63) is 29.8 Å². The number of hydrogen-bond donors (Lipinski definition) is 1. The zero-order valence-corrected chi connectivity index (χ0v) is 11.5. The molecule has 104 valence electrons. The van der Waals surface area contributed by atoms with Crippen molar-refractivity contribution in [1.29, 1.82) is 0 Å². The molecular formula is C15H21NO3. The number of rotatable bonds is 4. The number of carbonyl (C=O) groups is 1. The fourth-order valence-corrected chi connectivity index (χ4v) is 2.39. The summed E-state index contributed by atoms with van der Waals surface area (Å²) in [6.45, 7) is 3.77. The molecule has 0 bridgehead atoms. The number of likely N-dealkylation sites (N-methyl/N-ethyl adjacent to an activating group) is 1. The molecule has 0 saturated carbocycles. The Hall–Kier alpha value is -1.55. The van der Waals surface area contributed by atoms with Crippen molar-refractivity contribution < 1.29 is 14.6 Å². The molecule has 4 heteroatoms. The molecule has 2 rings (SSSR count). The highest BCUT2D eigenvalue weighted by atomic mass is 16.5. The van der Waals surface area contributed by atoms with Crippen molar-refractivity contribution in [3.63, 3.8) is 0 Å². The molecule has 4 nitrogen and oxygen atoms in total. The first-order valence-electron chi connectivity index (χ1n) is 6.74. The van der Waals surface area contributed by atoms with Crippen LogP contribution in [-0.4, -0.2) is 42.2 Å². The van der Waals surface area contributed by atoms with Gasteiger partial charge in [-0.1, -0.05) is 12.1 Å². The molecule has 0 aromatic heterocycles. The van der Waals surface area contributed by atoms with Gasteiger partial charge < -0.3 is 14.7 Å². The monoisotopic (exact) mass is 263 g/mol. The van der Waals surface area contributed by atoms with E-state index < -0.39 is 11.9 Å². The van der Waals surface area contributed by atoms with Gasteiger partial charge in [-0.15, -0.1) is 0 Å². The normalized spacial score (nSPS) is 21.9. The molecule has 0 radical (unpaired) electrons. The fraction of sp³-hybridized carbons (Fsp3) is 0.533. The second-order valence-corrected chi connectivity index (χ2v) is 5.27. The van der Waals surface area contributed by atoms with Crippen molar-refractivity contribution in [3.8, 4) is 5.75 Å². The Morgan fingerprint density at radius 1 is 1.42 bits per heavy atom. The van der Waals surface area contributed by atoms with Gasteiger partial charge in [-0.2, -0.15) is 0 Å². The summed E-state index contributed by atoms with van der Waals surface area (Å²) in [5, 5.41) is 8.96. The minimum atomic E-state index is -0.803. The zero-order valence-electron chi connectivity index (χ0n) is 11.5. The van der Waals surface area contributed by atoms with Crippen LogP contribution in [0, 0.1) is 0 Å². The molecule has 1 saturated heterocycles. The summed E-state index contributed by atoms with van der Waals surface area (Å²) in [5.41, 5.74) is 0.806. The Labute approximate surface area is 114 Å². The third kappa shape index (κ3) is 3.70. The lowest BCUT2D eigenvalue weighted by molar-refractivity contribution is -0.138. The largest absolute Gasteiger partial charge is 0.489 e. The van der Waals surface area contributed by atoms with Gasteiger partial charge >= 0.3 is 5.97 Å². The third-order valence-corrected chi connectivity index (χ3v) is 3.63.